The zero-order chi connectivity index (χ0) is 10.4. The maximum Gasteiger partial charge on any atom is 0.122 e. The zero-order valence-corrected chi connectivity index (χ0v) is 7.87. The van der Waals surface area contributed by atoms with Crippen LogP contribution in [0.5, 0.6) is 5.75 Å². The number of methoxy groups -OCH3 is 1. The first-order valence-corrected chi connectivity index (χ1v) is 4.06. The van der Waals surface area contributed by atoms with E-state index in [-0.39, 0.29) is 6.42 Å². The predicted molar refractivity (Wildman–Crippen MR) is 54.5 cm³/mol. The van der Waals surface area contributed by atoms with E-state index in [4.69, 9.17) is 15.7 Å². The van der Waals surface area contributed by atoms with Crippen LogP contribution in [0.4, 0.5) is 5.69 Å². The van der Waals surface area contributed by atoms with Crippen LogP contribution in [0.2, 0.25) is 0 Å². The second-order valence-corrected chi connectivity index (χ2v) is 2.63. The molecule has 0 fully saturated rings. The van der Waals surface area contributed by atoms with Crippen LogP contribution in [0, 0.1) is 23.2 Å². The number of hydrogen-bond acceptors (Lipinski definition) is 3. The molecule has 1 aromatic rings. The second kappa shape index (κ2) is 4.79. The van der Waals surface area contributed by atoms with Gasteiger partial charge in [-0.15, -0.1) is 0 Å². The Morgan fingerprint density at radius 2 is 2.21 bits per heavy atom. The summed E-state index contributed by atoms with van der Waals surface area (Å²) in [5, 5.41) is 8.30. The topological polar surface area (TPSA) is 59.0 Å². The predicted octanol–water partition coefficient (Wildman–Crippen LogP) is 1.54. The van der Waals surface area contributed by atoms with Gasteiger partial charge in [0.2, 0.25) is 0 Å². The van der Waals surface area contributed by atoms with E-state index in [1.54, 1.807) is 25.3 Å². The minimum absolute atomic E-state index is 0.219. The van der Waals surface area contributed by atoms with Gasteiger partial charge in [0, 0.05) is 17.3 Å². The standard InChI is InChI=1S/C11H10N2O/c1-14-11-7-9(4-2-3-5-12)6-10(13)8-11/h6-8H,3,13H2,1H3. The fraction of sp³-hybridized carbons (Fsp3) is 0.182. The van der Waals surface area contributed by atoms with Crippen molar-refractivity contribution in [3.8, 4) is 23.7 Å². The summed E-state index contributed by atoms with van der Waals surface area (Å²) in [6.07, 6.45) is 0.219. The zero-order valence-electron chi connectivity index (χ0n) is 7.87. The van der Waals surface area contributed by atoms with Gasteiger partial charge in [-0.1, -0.05) is 11.8 Å². The molecule has 0 radical (unpaired) electrons. The number of nitrogens with zero attached hydrogens (tertiary/aromatic N) is 1. The molecule has 0 unspecified atom stereocenters. The summed E-state index contributed by atoms with van der Waals surface area (Å²) in [7, 11) is 1.57. The van der Waals surface area contributed by atoms with E-state index >= 15 is 0 Å². The summed E-state index contributed by atoms with van der Waals surface area (Å²) in [5.41, 5.74) is 6.99. The molecule has 0 spiro atoms. The number of nitrogen functional groups attached to an aromatic ring is 1. The Balaban J connectivity index is 2.95. The van der Waals surface area contributed by atoms with Crippen molar-refractivity contribution in [2.75, 3.05) is 12.8 Å². The van der Waals surface area contributed by atoms with E-state index in [0.29, 0.717) is 11.4 Å². The maximum absolute atomic E-state index is 8.30. The SMILES string of the molecule is COc1cc(N)cc(C#CCC#N)c1. The fourth-order valence-corrected chi connectivity index (χ4v) is 0.998. The van der Waals surface area contributed by atoms with Crippen molar-refractivity contribution in [2.24, 2.45) is 0 Å². The molecule has 1 rings (SSSR count). The first kappa shape index (κ1) is 9.95. The van der Waals surface area contributed by atoms with Crippen LogP contribution < -0.4 is 10.5 Å². The highest BCUT2D eigenvalue weighted by Gasteiger charge is 1.95. The highest BCUT2D eigenvalue weighted by atomic mass is 16.5. The van der Waals surface area contributed by atoms with Gasteiger partial charge in [-0.3, -0.25) is 0 Å². The lowest BCUT2D eigenvalue weighted by atomic mass is 10.2. The van der Waals surface area contributed by atoms with Crippen LogP contribution in [0.1, 0.15) is 12.0 Å². The summed E-state index contributed by atoms with van der Waals surface area (Å²) >= 11 is 0. The Labute approximate surface area is 83.1 Å². The van der Waals surface area contributed by atoms with E-state index in [9.17, 15) is 0 Å². The lowest BCUT2D eigenvalue weighted by Crippen LogP contribution is -1.89. The average Bonchev–Trinajstić information content (AvgIpc) is 2.17. The molecular formula is C11H10N2O. The van der Waals surface area contributed by atoms with E-state index in [1.807, 2.05) is 6.07 Å². The Morgan fingerprint density at radius 3 is 2.86 bits per heavy atom. The summed E-state index contributed by atoms with van der Waals surface area (Å²) in [4.78, 5) is 0. The van der Waals surface area contributed by atoms with Crippen molar-refractivity contribution in [2.45, 2.75) is 6.42 Å². The summed E-state index contributed by atoms with van der Waals surface area (Å²) in [6.45, 7) is 0. The van der Waals surface area contributed by atoms with Gasteiger partial charge in [-0.25, -0.2) is 0 Å². The van der Waals surface area contributed by atoms with E-state index in [2.05, 4.69) is 11.8 Å². The van der Waals surface area contributed by atoms with E-state index in [1.165, 1.54) is 0 Å². The Hall–Kier alpha value is -2.13. The van der Waals surface area contributed by atoms with Crippen LogP contribution in [0.3, 0.4) is 0 Å². The fourth-order valence-electron chi connectivity index (χ4n) is 0.998. The Kier molecular flexibility index (Phi) is 3.41. The number of benzene rings is 1. The molecule has 0 amide bonds. The molecule has 2 N–H and O–H groups in total. The Bertz CT molecular complexity index is 421. The molecule has 3 nitrogen and oxygen atoms in total. The van der Waals surface area contributed by atoms with Gasteiger partial charge >= 0.3 is 0 Å². The van der Waals surface area contributed by atoms with Crippen LogP contribution in [0.15, 0.2) is 18.2 Å². The molecule has 0 aliphatic rings. The van der Waals surface area contributed by atoms with Crippen molar-refractivity contribution in [1.29, 1.82) is 5.26 Å². The number of ether oxygens (including phenoxy) is 1. The van der Waals surface area contributed by atoms with Crippen molar-refractivity contribution in [3.05, 3.63) is 23.8 Å². The molecule has 70 valence electrons. The number of nitrogens with two attached hydrogens (primary N) is 1. The first-order valence-electron chi connectivity index (χ1n) is 4.06. The number of nitriles is 1. The number of hydrogen-bond donors (Lipinski definition) is 1. The lowest BCUT2D eigenvalue weighted by Gasteiger charge is -2.01. The van der Waals surface area contributed by atoms with Crippen molar-refractivity contribution >= 4 is 5.69 Å². The molecule has 0 aliphatic heterocycles. The molecule has 0 saturated heterocycles. The second-order valence-electron chi connectivity index (χ2n) is 2.63. The molecule has 14 heavy (non-hydrogen) atoms. The van der Waals surface area contributed by atoms with Gasteiger partial charge < -0.3 is 10.5 Å². The molecule has 0 heterocycles. The van der Waals surface area contributed by atoms with Crippen molar-refractivity contribution in [1.82, 2.24) is 0 Å². The van der Waals surface area contributed by atoms with Crippen LogP contribution >= 0.6 is 0 Å². The quantitative estimate of drug-likeness (QED) is 0.534. The van der Waals surface area contributed by atoms with E-state index < -0.39 is 0 Å². The van der Waals surface area contributed by atoms with Crippen molar-refractivity contribution in [3.63, 3.8) is 0 Å². The van der Waals surface area contributed by atoms with Gasteiger partial charge in [0.05, 0.1) is 19.6 Å². The van der Waals surface area contributed by atoms with Gasteiger partial charge in [0.25, 0.3) is 0 Å². The molecular weight excluding hydrogens is 176 g/mol. The maximum atomic E-state index is 8.30. The van der Waals surface area contributed by atoms with Gasteiger partial charge in [0.1, 0.15) is 5.75 Å². The minimum Gasteiger partial charge on any atom is -0.497 e. The smallest absolute Gasteiger partial charge is 0.122 e. The third-order valence-electron chi connectivity index (χ3n) is 1.56. The summed E-state index contributed by atoms with van der Waals surface area (Å²) < 4.78 is 5.03. The average molecular weight is 186 g/mol. The lowest BCUT2D eigenvalue weighted by molar-refractivity contribution is 0.415. The monoisotopic (exact) mass is 186 g/mol. The van der Waals surface area contributed by atoms with Crippen LogP contribution in [-0.4, -0.2) is 7.11 Å². The molecule has 0 bridgehead atoms. The molecule has 3 heteroatoms. The molecule has 0 atom stereocenters. The van der Waals surface area contributed by atoms with Crippen LogP contribution in [0.25, 0.3) is 0 Å². The minimum atomic E-state index is 0.219. The summed E-state index contributed by atoms with van der Waals surface area (Å²) in [6, 6.07) is 7.18. The molecule has 0 aromatic heterocycles. The number of rotatable bonds is 1. The highest BCUT2D eigenvalue weighted by molar-refractivity contribution is 5.52. The molecule has 0 aliphatic carbocycles. The number of anilines is 1. The largest absolute Gasteiger partial charge is 0.497 e. The van der Waals surface area contributed by atoms with Gasteiger partial charge in [-0.2, -0.15) is 5.26 Å². The van der Waals surface area contributed by atoms with Gasteiger partial charge in [0.15, 0.2) is 0 Å². The van der Waals surface area contributed by atoms with Crippen LogP contribution in [-0.2, 0) is 0 Å². The molecule has 1 aromatic carbocycles. The third-order valence-corrected chi connectivity index (χ3v) is 1.56. The van der Waals surface area contributed by atoms with Crippen molar-refractivity contribution < 1.29 is 4.74 Å². The third kappa shape index (κ3) is 2.73. The molecule has 0 saturated carbocycles. The highest BCUT2D eigenvalue weighted by Crippen LogP contribution is 2.17. The summed E-state index contributed by atoms with van der Waals surface area (Å²) in [5.74, 6) is 6.21. The normalized spacial score (nSPS) is 8.29. The Morgan fingerprint density at radius 1 is 1.43 bits per heavy atom. The first-order chi connectivity index (χ1) is 6.76. The van der Waals surface area contributed by atoms with E-state index in [0.717, 1.165) is 5.56 Å². The van der Waals surface area contributed by atoms with Gasteiger partial charge in [-0.05, 0) is 12.1 Å².